The van der Waals surface area contributed by atoms with Gasteiger partial charge in [-0.1, -0.05) is 12.1 Å². The standard InChI is InChI=1S/C18H22N4O2/c1-21-11-16(20-12-21)18(24)22-8-6-14(7-9-22)10-13-2-4-15(5-3-13)17(19)23/h2-5,11-12,14H,6-10H2,1H3,(H2,19,23). The van der Waals surface area contributed by atoms with Gasteiger partial charge in [0.1, 0.15) is 5.69 Å². The lowest BCUT2D eigenvalue weighted by molar-refractivity contribution is 0.0685. The molecule has 1 saturated heterocycles. The summed E-state index contributed by atoms with van der Waals surface area (Å²) >= 11 is 0. The SMILES string of the molecule is Cn1cnc(C(=O)N2CCC(Cc3ccc(C(N)=O)cc3)CC2)c1. The Hall–Kier alpha value is -2.63. The Labute approximate surface area is 141 Å². The summed E-state index contributed by atoms with van der Waals surface area (Å²) in [6.45, 7) is 1.53. The lowest BCUT2D eigenvalue weighted by Gasteiger charge is -2.31. The summed E-state index contributed by atoms with van der Waals surface area (Å²) in [5, 5.41) is 0. The van der Waals surface area contributed by atoms with Crippen molar-refractivity contribution in [1.29, 1.82) is 0 Å². The van der Waals surface area contributed by atoms with Crippen LogP contribution in [0.4, 0.5) is 0 Å². The van der Waals surface area contributed by atoms with Crippen LogP contribution in [-0.2, 0) is 13.5 Å². The van der Waals surface area contributed by atoms with Crippen LogP contribution in [-0.4, -0.2) is 39.4 Å². The second-order valence-electron chi connectivity index (χ2n) is 6.43. The van der Waals surface area contributed by atoms with Crippen LogP contribution in [0.3, 0.4) is 0 Å². The molecule has 1 aliphatic heterocycles. The molecule has 6 heteroatoms. The van der Waals surface area contributed by atoms with Crippen molar-refractivity contribution in [3.63, 3.8) is 0 Å². The molecule has 0 aliphatic carbocycles. The predicted octanol–water partition coefficient (Wildman–Crippen LogP) is 1.61. The summed E-state index contributed by atoms with van der Waals surface area (Å²) in [7, 11) is 1.86. The molecule has 1 aromatic carbocycles. The second-order valence-corrected chi connectivity index (χ2v) is 6.43. The smallest absolute Gasteiger partial charge is 0.274 e. The first kappa shape index (κ1) is 16.2. The molecular formula is C18H22N4O2. The van der Waals surface area contributed by atoms with Gasteiger partial charge in [0.05, 0.1) is 6.33 Å². The first-order valence-corrected chi connectivity index (χ1v) is 8.19. The van der Waals surface area contributed by atoms with E-state index in [4.69, 9.17) is 5.73 Å². The van der Waals surface area contributed by atoms with Crippen LogP contribution in [0.5, 0.6) is 0 Å². The Morgan fingerprint density at radius 3 is 2.42 bits per heavy atom. The highest BCUT2D eigenvalue weighted by atomic mass is 16.2. The largest absolute Gasteiger partial charge is 0.366 e. The number of nitrogens with zero attached hydrogens (tertiary/aromatic N) is 3. The fourth-order valence-electron chi connectivity index (χ4n) is 3.16. The van der Waals surface area contributed by atoms with E-state index in [9.17, 15) is 9.59 Å². The molecule has 1 aromatic heterocycles. The molecule has 126 valence electrons. The number of hydrogen-bond donors (Lipinski definition) is 1. The second kappa shape index (κ2) is 6.86. The van der Waals surface area contributed by atoms with Gasteiger partial charge in [0.15, 0.2) is 0 Å². The van der Waals surface area contributed by atoms with E-state index in [-0.39, 0.29) is 5.91 Å². The number of aromatic nitrogens is 2. The number of primary amides is 1. The van der Waals surface area contributed by atoms with Gasteiger partial charge in [-0.25, -0.2) is 4.98 Å². The summed E-state index contributed by atoms with van der Waals surface area (Å²) in [4.78, 5) is 29.5. The van der Waals surface area contributed by atoms with Crippen molar-refractivity contribution in [1.82, 2.24) is 14.5 Å². The molecule has 1 fully saturated rings. The zero-order chi connectivity index (χ0) is 17.1. The van der Waals surface area contributed by atoms with Crippen LogP contribution >= 0.6 is 0 Å². The maximum absolute atomic E-state index is 12.4. The Morgan fingerprint density at radius 2 is 1.88 bits per heavy atom. The molecule has 2 aromatic rings. The van der Waals surface area contributed by atoms with E-state index < -0.39 is 5.91 Å². The lowest BCUT2D eigenvalue weighted by Crippen LogP contribution is -2.39. The van der Waals surface area contributed by atoms with Gasteiger partial charge < -0.3 is 15.2 Å². The van der Waals surface area contributed by atoms with E-state index in [1.165, 1.54) is 5.56 Å². The van der Waals surface area contributed by atoms with Crippen LogP contribution < -0.4 is 5.73 Å². The highest BCUT2D eigenvalue weighted by Crippen LogP contribution is 2.23. The Balaban J connectivity index is 1.53. The Morgan fingerprint density at radius 1 is 1.21 bits per heavy atom. The number of carbonyl (C=O) groups is 2. The fraction of sp³-hybridized carbons (Fsp3) is 0.389. The molecule has 2 amide bonds. The van der Waals surface area contributed by atoms with Crippen LogP contribution in [0.15, 0.2) is 36.8 Å². The molecule has 0 radical (unpaired) electrons. The highest BCUT2D eigenvalue weighted by molar-refractivity contribution is 5.93. The third kappa shape index (κ3) is 3.64. The molecule has 0 unspecified atom stereocenters. The molecule has 0 bridgehead atoms. The van der Waals surface area contributed by atoms with E-state index in [1.807, 2.05) is 24.1 Å². The Bertz CT molecular complexity index is 728. The normalized spacial score (nSPS) is 15.5. The number of aryl methyl sites for hydroxylation is 1. The molecule has 2 heterocycles. The molecule has 1 aliphatic rings. The predicted molar refractivity (Wildman–Crippen MR) is 90.5 cm³/mol. The molecule has 0 spiro atoms. The van der Waals surface area contributed by atoms with Gasteiger partial charge in [-0.15, -0.1) is 0 Å². The number of likely N-dealkylation sites (tertiary alicyclic amines) is 1. The summed E-state index contributed by atoms with van der Waals surface area (Å²) in [5.41, 5.74) is 7.51. The first-order chi connectivity index (χ1) is 11.5. The van der Waals surface area contributed by atoms with Gasteiger partial charge in [0, 0.05) is 31.9 Å². The molecule has 6 nitrogen and oxygen atoms in total. The summed E-state index contributed by atoms with van der Waals surface area (Å²) in [6.07, 6.45) is 6.33. The molecule has 24 heavy (non-hydrogen) atoms. The van der Waals surface area contributed by atoms with E-state index in [1.54, 1.807) is 29.2 Å². The van der Waals surface area contributed by atoms with Gasteiger partial charge in [0.25, 0.3) is 5.91 Å². The molecule has 0 atom stereocenters. The molecule has 2 N–H and O–H groups in total. The highest BCUT2D eigenvalue weighted by Gasteiger charge is 2.24. The third-order valence-corrected chi connectivity index (χ3v) is 4.59. The van der Waals surface area contributed by atoms with Crippen LogP contribution in [0.2, 0.25) is 0 Å². The van der Waals surface area contributed by atoms with E-state index in [2.05, 4.69) is 4.98 Å². The first-order valence-electron chi connectivity index (χ1n) is 8.19. The summed E-state index contributed by atoms with van der Waals surface area (Å²) < 4.78 is 1.79. The van der Waals surface area contributed by atoms with Crippen LogP contribution in [0.1, 0.15) is 39.3 Å². The monoisotopic (exact) mass is 326 g/mol. The van der Waals surface area contributed by atoms with E-state index in [0.29, 0.717) is 17.2 Å². The fourth-order valence-corrected chi connectivity index (χ4v) is 3.16. The van der Waals surface area contributed by atoms with Crippen molar-refractivity contribution in [2.24, 2.45) is 18.7 Å². The lowest BCUT2D eigenvalue weighted by atomic mass is 9.90. The van der Waals surface area contributed by atoms with Crippen molar-refractivity contribution in [3.8, 4) is 0 Å². The maximum atomic E-state index is 12.4. The van der Waals surface area contributed by atoms with Gasteiger partial charge >= 0.3 is 0 Å². The van der Waals surface area contributed by atoms with Crippen molar-refractivity contribution in [3.05, 3.63) is 53.6 Å². The van der Waals surface area contributed by atoms with Crippen molar-refractivity contribution >= 4 is 11.8 Å². The Kier molecular flexibility index (Phi) is 4.64. The number of imidazole rings is 1. The molecule has 3 rings (SSSR count). The number of carbonyl (C=O) groups excluding carboxylic acids is 2. The maximum Gasteiger partial charge on any atom is 0.274 e. The number of amides is 2. The zero-order valence-corrected chi connectivity index (χ0v) is 13.8. The van der Waals surface area contributed by atoms with E-state index >= 15 is 0 Å². The van der Waals surface area contributed by atoms with Crippen molar-refractivity contribution < 1.29 is 9.59 Å². The van der Waals surface area contributed by atoms with Crippen molar-refractivity contribution in [2.45, 2.75) is 19.3 Å². The van der Waals surface area contributed by atoms with Gasteiger partial charge in [0.2, 0.25) is 5.91 Å². The minimum absolute atomic E-state index is 0.0138. The third-order valence-electron chi connectivity index (χ3n) is 4.59. The average Bonchev–Trinajstić information content (AvgIpc) is 3.02. The zero-order valence-electron chi connectivity index (χ0n) is 13.8. The van der Waals surface area contributed by atoms with Gasteiger partial charge in [-0.2, -0.15) is 0 Å². The summed E-state index contributed by atoms with van der Waals surface area (Å²) in [5.74, 6) is 0.167. The average molecular weight is 326 g/mol. The molecule has 0 saturated carbocycles. The number of benzene rings is 1. The number of piperidine rings is 1. The number of hydrogen-bond acceptors (Lipinski definition) is 3. The van der Waals surface area contributed by atoms with E-state index in [0.717, 1.165) is 32.4 Å². The van der Waals surface area contributed by atoms with Crippen molar-refractivity contribution in [2.75, 3.05) is 13.1 Å². The number of rotatable bonds is 4. The van der Waals surface area contributed by atoms with Crippen LogP contribution in [0, 0.1) is 5.92 Å². The quantitative estimate of drug-likeness (QED) is 0.927. The van der Waals surface area contributed by atoms with Gasteiger partial charge in [-0.05, 0) is 42.9 Å². The molecular weight excluding hydrogens is 304 g/mol. The minimum atomic E-state index is -0.400. The minimum Gasteiger partial charge on any atom is -0.366 e. The summed E-state index contributed by atoms with van der Waals surface area (Å²) in [6, 6.07) is 7.48. The van der Waals surface area contributed by atoms with Gasteiger partial charge in [-0.3, -0.25) is 9.59 Å². The topological polar surface area (TPSA) is 81.2 Å². The van der Waals surface area contributed by atoms with Crippen LogP contribution in [0.25, 0.3) is 0 Å². The number of nitrogens with two attached hydrogens (primary N) is 1.